The van der Waals surface area contributed by atoms with Crippen molar-refractivity contribution in [1.29, 1.82) is 0 Å². The lowest BCUT2D eigenvalue weighted by Gasteiger charge is -2.18. The van der Waals surface area contributed by atoms with Gasteiger partial charge < -0.3 is 10.1 Å². The zero-order valence-electron chi connectivity index (χ0n) is 9.90. The van der Waals surface area contributed by atoms with Crippen LogP contribution in [0, 0.1) is 17.5 Å². The van der Waals surface area contributed by atoms with Gasteiger partial charge in [0.15, 0.2) is 0 Å². The second-order valence-electron chi connectivity index (χ2n) is 3.76. The summed E-state index contributed by atoms with van der Waals surface area (Å²) in [6.07, 6.45) is 1.18. The molecule has 0 aliphatic heterocycles. The van der Waals surface area contributed by atoms with E-state index < -0.39 is 23.5 Å². The minimum absolute atomic E-state index is 0.120. The largest absolute Gasteiger partial charge is 0.385 e. The van der Waals surface area contributed by atoms with Gasteiger partial charge in [0.25, 0.3) is 0 Å². The average molecular weight is 247 g/mol. The van der Waals surface area contributed by atoms with Crippen molar-refractivity contribution in [2.45, 2.75) is 18.9 Å². The zero-order chi connectivity index (χ0) is 12.8. The summed E-state index contributed by atoms with van der Waals surface area (Å²) in [5.74, 6) is -2.63. The van der Waals surface area contributed by atoms with Crippen LogP contribution in [0.1, 0.15) is 24.4 Å². The molecule has 1 rings (SSSR count). The van der Waals surface area contributed by atoms with E-state index in [9.17, 15) is 13.2 Å². The zero-order valence-corrected chi connectivity index (χ0v) is 9.90. The second kappa shape index (κ2) is 6.61. The lowest BCUT2D eigenvalue weighted by Crippen LogP contribution is -2.20. The first-order valence-corrected chi connectivity index (χ1v) is 5.40. The predicted octanol–water partition coefficient (Wildman–Crippen LogP) is 2.79. The molecule has 5 heteroatoms. The van der Waals surface area contributed by atoms with E-state index in [0.717, 1.165) is 0 Å². The molecule has 0 bridgehead atoms. The standard InChI is InChI=1S/C12H16F3NO/c1-16-11(4-3-5-17-2)12-9(14)6-8(13)7-10(12)15/h6-7,11,16H,3-5H2,1-2H3. The van der Waals surface area contributed by atoms with Crippen molar-refractivity contribution in [2.75, 3.05) is 20.8 Å². The molecule has 0 aliphatic rings. The molecular formula is C12H16F3NO. The molecule has 1 aromatic rings. The van der Waals surface area contributed by atoms with Gasteiger partial charge in [-0.05, 0) is 19.9 Å². The van der Waals surface area contributed by atoms with E-state index in [-0.39, 0.29) is 5.56 Å². The maximum Gasteiger partial charge on any atom is 0.133 e. The molecule has 1 unspecified atom stereocenters. The van der Waals surface area contributed by atoms with Crippen LogP contribution in [0.5, 0.6) is 0 Å². The second-order valence-corrected chi connectivity index (χ2v) is 3.76. The molecular weight excluding hydrogens is 231 g/mol. The molecule has 0 spiro atoms. The Bertz CT molecular complexity index is 348. The molecule has 0 amide bonds. The van der Waals surface area contributed by atoms with Gasteiger partial charge in [-0.15, -0.1) is 0 Å². The number of methoxy groups -OCH3 is 1. The lowest BCUT2D eigenvalue weighted by molar-refractivity contribution is 0.188. The third kappa shape index (κ3) is 3.71. The van der Waals surface area contributed by atoms with Gasteiger partial charge in [0.05, 0.1) is 0 Å². The van der Waals surface area contributed by atoms with Crippen LogP contribution in [0.15, 0.2) is 12.1 Å². The van der Waals surface area contributed by atoms with Crippen LogP contribution in [0.25, 0.3) is 0 Å². The van der Waals surface area contributed by atoms with Gasteiger partial charge in [0.1, 0.15) is 17.5 Å². The van der Waals surface area contributed by atoms with Gasteiger partial charge in [-0.25, -0.2) is 13.2 Å². The number of halogens is 3. The molecule has 1 N–H and O–H groups in total. The van der Waals surface area contributed by atoms with Crippen LogP contribution < -0.4 is 5.32 Å². The molecule has 0 aliphatic carbocycles. The maximum absolute atomic E-state index is 13.5. The topological polar surface area (TPSA) is 21.3 Å². The highest BCUT2D eigenvalue weighted by Crippen LogP contribution is 2.25. The fraction of sp³-hybridized carbons (Fsp3) is 0.500. The van der Waals surface area contributed by atoms with Crippen molar-refractivity contribution in [3.8, 4) is 0 Å². The number of benzene rings is 1. The van der Waals surface area contributed by atoms with Gasteiger partial charge in [-0.3, -0.25) is 0 Å². The smallest absolute Gasteiger partial charge is 0.133 e. The van der Waals surface area contributed by atoms with Crippen molar-refractivity contribution in [2.24, 2.45) is 0 Å². The van der Waals surface area contributed by atoms with Crippen molar-refractivity contribution in [3.05, 3.63) is 35.1 Å². The van der Waals surface area contributed by atoms with Crippen LogP contribution in [0.4, 0.5) is 13.2 Å². The van der Waals surface area contributed by atoms with E-state index in [4.69, 9.17) is 4.74 Å². The van der Waals surface area contributed by atoms with Gasteiger partial charge in [0.2, 0.25) is 0 Å². The Kier molecular flexibility index (Phi) is 5.44. The van der Waals surface area contributed by atoms with Crippen LogP contribution >= 0.6 is 0 Å². The van der Waals surface area contributed by atoms with Crippen LogP contribution in [-0.4, -0.2) is 20.8 Å². The van der Waals surface area contributed by atoms with Crippen molar-refractivity contribution < 1.29 is 17.9 Å². The Hall–Kier alpha value is -1.07. The van der Waals surface area contributed by atoms with E-state index in [1.165, 1.54) is 0 Å². The number of nitrogens with one attached hydrogen (secondary N) is 1. The van der Waals surface area contributed by atoms with Gasteiger partial charge in [-0.1, -0.05) is 0 Å². The summed E-state index contributed by atoms with van der Waals surface area (Å²) in [5.41, 5.74) is -0.120. The van der Waals surface area contributed by atoms with E-state index in [1.54, 1.807) is 14.2 Å². The Morgan fingerprint density at radius 2 is 1.82 bits per heavy atom. The fourth-order valence-corrected chi connectivity index (χ4v) is 1.75. The van der Waals surface area contributed by atoms with Crippen LogP contribution in [0.2, 0.25) is 0 Å². The summed E-state index contributed by atoms with van der Waals surface area (Å²) in [6.45, 7) is 0.516. The highest BCUT2D eigenvalue weighted by atomic mass is 19.1. The molecule has 0 radical (unpaired) electrons. The van der Waals surface area contributed by atoms with Crippen molar-refractivity contribution in [1.82, 2.24) is 5.32 Å². The number of hydrogen-bond acceptors (Lipinski definition) is 2. The first-order valence-electron chi connectivity index (χ1n) is 5.40. The molecule has 1 atom stereocenters. The minimum Gasteiger partial charge on any atom is -0.385 e. The summed E-state index contributed by atoms with van der Waals surface area (Å²) in [7, 11) is 3.17. The average Bonchev–Trinajstić information content (AvgIpc) is 2.25. The highest BCUT2D eigenvalue weighted by Gasteiger charge is 2.19. The van der Waals surface area contributed by atoms with E-state index >= 15 is 0 Å². The summed E-state index contributed by atoms with van der Waals surface area (Å²) >= 11 is 0. The third-order valence-electron chi connectivity index (χ3n) is 2.58. The SMILES string of the molecule is CNC(CCCOC)c1c(F)cc(F)cc1F. The lowest BCUT2D eigenvalue weighted by atomic mass is 10.0. The molecule has 0 fully saturated rings. The summed E-state index contributed by atoms with van der Waals surface area (Å²) < 4.78 is 44.7. The molecule has 0 aromatic heterocycles. The van der Waals surface area contributed by atoms with Gasteiger partial charge >= 0.3 is 0 Å². The van der Waals surface area contributed by atoms with Gasteiger partial charge in [0, 0.05) is 37.5 Å². The number of ether oxygens (including phenoxy) is 1. The Balaban J connectivity index is 2.87. The molecule has 0 saturated carbocycles. The van der Waals surface area contributed by atoms with Gasteiger partial charge in [-0.2, -0.15) is 0 Å². The first kappa shape index (κ1) is 14.0. The van der Waals surface area contributed by atoms with Crippen LogP contribution in [-0.2, 0) is 4.74 Å². The molecule has 1 aromatic carbocycles. The minimum atomic E-state index is -0.907. The molecule has 96 valence electrons. The van der Waals surface area contributed by atoms with E-state index in [1.807, 2.05) is 0 Å². The fourth-order valence-electron chi connectivity index (χ4n) is 1.75. The molecule has 17 heavy (non-hydrogen) atoms. The Morgan fingerprint density at radius 1 is 1.24 bits per heavy atom. The van der Waals surface area contributed by atoms with E-state index in [2.05, 4.69) is 5.32 Å². The normalized spacial score (nSPS) is 12.8. The first-order chi connectivity index (χ1) is 8.10. The summed E-state index contributed by atoms with van der Waals surface area (Å²) in [6, 6.07) is 0.906. The summed E-state index contributed by atoms with van der Waals surface area (Å²) in [4.78, 5) is 0. The summed E-state index contributed by atoms with van der Waals surface area (Å²) in [5, 5.41) is 2.82. The third-order valence-corrected chi connectivity index (χ3v) is 2.58. The monoisotopic (exact) mass is 247 g/mol. The maximum atomic E-state index is 13.5. The molecule has 0 saturated heterocycles. The number of rotatable bonds is 6. The van der Waals surface area contributed by atoms with Crippen molar-refractivity contribution in [3.63, 3.8) is 0 Å². The van der Waals surface area contributed by atoms with Crippen LogP contribution in [0.3, 0.4) is 0 Å². The quantitative estimate of drug-likeness (QED) is 0.780. The molecule has 0 heterocycles. The van der Waals surface area contributed by atoms with E-state index in [0.29, 0.717) is 31.6 Å². The Morgan fingerprint density at radius 3 is 2.29 bits per heavy atom. The Labute approximate surface area is 98.8 Å². The molecule has 2 nitrogen and oxygen atoms in total. The van der Waals surface area contributed by atoms with Crippen molar-refractivity contribution >= 4 is 0 Å². The number of hydrogen-bond donors (Lipinski definition) is 1. The predicted molar refractivity (Wildman–Crippen MR) is 59.2 cm³/mol. The highest BCUT2D eigenvalue weighted by molar-refractivity contribution is 5.24.